The lowest BCUT2D eigenvalue weighted by Crippen LogP contribution is -2.46. The minimum absolute atomic E-state index is 0. The summed E-state index contributed by atoms with van der Waals surface area (Å²) in [5.41, 5.74) is 0. The van der Waals surface area contributed by atoms with Crippen molar-refractivity contribution in [3.8, 4) is 0 Å². The highest BCUT2D eigenvalue weighted by molar-refractivity contribution is 7.15. The molecule has 1 atom stereocenters. The maximum absolute atomic E-state index is 10.9. The van der Waals surface area contributed by atoms with Gasteiger partial charge in [-0.15, -0.1) is 24.8 Å². The van der Waals surface area contributed by atoms with Crippen molar-refractivity contribution >= 4 is 41.2 Å². The van der Waals surface area contributed by atoms with Crippen LogP contribution >= 0.6 is 36.2 Å². The van der Waals surface area contributed by atoms with E-state index in [1.807, 2.05) is 6.07 Å². The minimum Gasteiger partial charge on any atom is -0.314 e. The first kappa shape index (κ1) is 19.6. The molecular weight excluding hydrogens is 345 g/mol. The first-order chi connectivity index (χ1) is 9.75. The van der Waals surface area contributed by atoms with Crippen LogP contribution in [-0.2, 0) is 0 Å². The monoisotopic (exact) mass is 367 g/mol. The van der Waals surface area contributed by atoms with Gasteiger partial charge in [0.25, 0.3) is 0 Å². The summed E-state index contributed by atoms with van der Waals surface area (Å²) in [7, 11) is 0. The van der Waals surface area contributed by atoms with Crippen LogP contribution in [0.3, 0.4) is 0 Å². The van der Waals surface area contributed by atoms with E-state index in [-0.39, 0.29) is 34.7 Å². The van der Waals surface area contributed by atoms with Crippen LogP contribution in [0.4, 0.5) is 5.00 Å². The second-order valence-electron chi connectivity index (χ2n) is 5.71. The second-order valence-corrected chi connectivity index (χ2v) is 6.80. The number of nitrogens with one attached hydrogen (secondary N) is 1. The van der Waals surface area contributed by atoms with E-state index >= 15 is 0 Å². The van der Waals surface area contributed by atoms with Crippen molar-refractivity contribution in [3.63, 3.8) is 0 Å². The van der Waals surface area contributed by atoms with Gasteiger partial charge in [0.05, 0.1) is 4.92 Å². The average Bonchev–Trinajstić information content (AvgIpc) is 3.12. The molecule has 0 amide bonds. The number of nitro groups is 1. The van der Waals surface area contributed by atoms with Crippen LogP contribution in [0.2, 0.25) is 0 Å². The third kappa shape index (κ3) is 4.32. The molecule has 2 heterocycles. The number of hydrogen-bond acceptors (Lipinski definition) is 5. The fraction of sp³-hybridized carbons (Fsp3) is 0.714. The van der Waals surface area contributed by atoms with E-state index in [1.54, 1.807) is 6.07 Å². The molecule has 0 radical (unpaired) electrons. The second kappa shape index (κ2) is 9.03. The van der Waals surface area contributed by atoms with E-state index in [0.717, 1.165) is 26.2 Å². The summed E-state index contributed by atoms with van der Waals surface area (Å²) in [6.45, 7) is 4.15. The van der Waals surface area contributed by atoms with Crippen molar-refractivity contribution in [3.05, 3.63) is 27.1 Å². The van der Waals surface area contributed by atoms with Gasteiger partial charge in [0.2, 0.25) is 0 Å². The fourth-order valence-corrected chi connectivity index (χ4v) is 4.59. The Morgan fingerprint density at radius 1 is 1.23 bits per heavy atom. The normalized spacial score (nSPS) is 20.9. The topological polar surface area (TPSA) is 58.4 Å². The summed E-state index contributed by atoms with van der Waals surface area (Å²) in [5, 5.41) is 14.6. The van der Waals surface area contributed by atoms with Crippen molar-refractivity contribution in [1.82, 2.24) is 10.2 Å². The van der Waals surface area contributed by atoms with E-state index in [0.29, 0.717) is 12.0 Å². The Kier molecular flexibility index (Phi) is 8.07. The summed E-state index contributed by atoms with van der Waals surface area (Å²) in [5.74, 6) is 0.673. The van der Waals surface area contributed by atoms with Crippen molar-refractivity contribution in [1.29, 1.82) is 0 Å². The SMILES string of the molecule is Cl.Cl.O=[N+]([O-])c1ccc([C@@H](C2CCCC2)N2CCNCC2)s1. The first-order valence-electron chi connectivity index (χ1n) is 7.44. The van der Waals surface area contributed by atoms with Crippen LogP contribution in [-0.4, -0.2) is 36.0 Å². The van der Waals surface area contributed by atoms with Gasteiger partial charge in [0.1, 0.15) is 0 Å². The third-order valence-corrected chi connectivity index (χ3v) is 5.58. The highest BCUT2D eigenvalue weighted by Gasteiger charge is 2.33. The maximum atomic E-state index is 10.9. The molecule has 126 valence electrons. The molecule has 0 bridgehead atoms. The number of halogens is 2. The van der Waals surface area contributed by atoms with E-state index < -0.39 is 0 Å². The quantitative estimate of drug-likeness (QED) is 0.651. The van der Waals surface area contributed by atoms with E-state index in [4.69, 9.17) is 0 Å². The van der Waals surface area contributed by atoms with Crippen LogP contribution in [0.1, 0.15) is 36.6 Å². The molecule has 2 aliphatic rings. The van der Waals surface area contributed by atoms with Gasteiger partial charge >= 0.3 is 5.00 Å². The molecule has 5 nitrogen and oxygen atoms in total. The Balaban J connectivity index is 0.00000121. The largest absolute Gasteiger partial charge is 0.324 e. The average molecular weight is 368 g/mol. The molecule has 1 aliphatic carbocycles. The third-order valence-electron chi connectivity index (χ3n) is 4.48. The first-order valence-corrected chi connectivity index (χ1v) is 8.26. The van der Waals surface area contributed by atoms with Crippen LogP contribution in [0.5, 0.6) is 0 Å². The molecule has 1 saturated carbocycles. The van der Waals surface area contributed by atoms with Gasteiger partial charge in [-0.25, -0.2) is 0 Å². The molecule has 1 aromatic rings. The van der Waals surface area contributed by atoms with Gasteiger partial charge < -0.3 is 5.32 Å². The Hall–Kier alpha value is -0.400. The summed E-state index contributed by atoms with van der Waals surface area (Å²) in [4.78, 5) is 14.4. The van der Waals surface area contributed by atoms with Crippen molar-refractivity contribution in [2.75, 3.05) is 26.2 Å². The highest BCUT2D eigenvalue weighted by atomic mass is 35.5. The van der Waals surface area contributed by atoms with Gasteiger partial charge in [0, 0.05) is 43.2 Å². The smallest absolute Gasteiger partial charge is 0.314 e. The minimum atomic E-state index is -0.266. The number of piperazine rings is 1. The van der Waals surface area contributed by atoms with Gasteiger partial charge in [-0.3, -0.25) is 15.0 Å². The van der Waals surface area contributed by atoms with Gasteiger partial charge in [0.15, 0.2) is 0 Å². The molecule has 3 rings (SSSR count). The zero-order valence-electron chi connectivity index (χ0n) is 12.4. The zero-order chi connectivity index (χ0) is 13.9. The fourth-order valence-electron chi connectivity index (χ4n) is 3.54. The molecule has 1 aromatic heterocycles. The molecule has 0 aromatic carbocycles. The lowest BCUT2D eigenvalue weighted by Gasteiger charge is -2.37. The number of rotatable bonds is 4. The standard InChI is InChI=1S/C14H21N3O2S.2ClH/c18-17(19)13-6-5-12(20-13)14(11-3-1-2-4-11)16-9-7-15-8-10-16;;/h5-6,11,14-15H,1-4,7-10H2;2*1H/t14-;;/m1../s1. The molecular formula is C14H23Cl2N3O2S. The van der Waals surface area contributed by atoms with Crippen LogP contribution in [0.15, 0.2) is 12.1 Å². The van der Waals surface area contributed by atoms with Gasteiger partial charge in [-0.2, -0.15) is 0 Å². The van der Waals surface area contributed by atoms with Crippen LogP contribution in [0.25, 0.3) is 0 Å². The summed E-state index contributed by atoms with van der Waals surface area (Å²) in [6.07, 6.45) is 5.14. The predicted octanol–water partition coefficient (Wildman–Crippen LogP) is 3.64. The Morgan fingerprint density at radius 2 is 1.86 bits per heavy atom. The Morgan fingerprint density at radius 3 is 2.41 bits per heavy atom. The highest BCUT2D eigenvalue weighted by Crippen LogP contribution is 2.43. The predicted molar refractivity (Wildman–Crippen MR) is 94.6 cm³/mol. The molecule has 8 heteroatoms. The lowest BCUT2D eigenvalue weighted by molar-refractivity contribution is -0.380. The molecule has 0 unspecified atom stereocenters. The summed E-state index contributed by atoms with van der Waals surface area (Å²) < 4.78 is 0. The molecule has 1 aliphatic heterocycles. The maximum Gasteiger partial charge on any atom is 0.324 e. The summed E-state index contributed by atoms with van der Waals surface area (Å²) >= 11 is 1.37. The Bertz CT molecular complexity index is 474. The van der Waals surface area contributed by atoms with Gasteiger partial charge in [-0.1, -0.05) is 24.2 Å². The van der Waals surface area contributed by atoms with Crippen molar-refractivity contribution < 1.29 is 4.92 Å². The van der Waals surface area contributed by atoms with Gasteiger partial charge in [-0.05, 0) is 24.8 Å². The molecule has 2 fully saturated rings. The molecule has 22 heavy (non-hydrogen) atoms. The van der Waals surface area contributed by atoms with E-state index in [2.05, 4.69) is 10.2 Å². The Labute approximate surface area is 147 Å². The number of thiophene rings is 1. The summed E-state index contributed by atoms with van der Waals surface area (Å²) in [6, 6.07) is 4.04. The number of hydrogen-bond donors (Lipinski definition) is 1. The molecule has 0 spiro atoms. The zero-order valence-corrected chi connectivity index (χ0v) is 14.9. The van der Waals surface area contributed by atoms with Crippen molar-refractivity contribution in [2.45, 2.75) is 31.7 Å². The van der Waals surface area contributed by atoms with Crippen LogP contribution in [0, 0.1) is 16.0 Å². The molecule has 1 N–H and O–H groups in total. The van der Waals surface area contributed by atoms with E-state index in [9.17, 15) is 10.1 Å². The van der Waals surface area contributed by atoms with E-state index in [1.165, 1.54) is 41.9 Å². The number of nitrogens with zero attached hydrogens (tertiary/aromatic N) is 2. The molecule has 1 saturated heterocycles. The van der Waals surface area contributed by atoms with Crippen molar-refractivity contribution in [2.24, 2.45) is 5.92 Å². The lowest BCUT2D eigenvalue weighted by atomic mass is 9.94. The van der Waals surface area contributed by atoms with Crippen LogP contribution < -0.4 is 5.32 Å².